The molecule has 1 atom stereocenters. The molecular weight excluding hydrogens is 415 g/mol. The van der Waals surface area contributed by atoms with Gasteiger partial charge in [0.25, 0.3) is 0 Å². The Bertz CT molecular complexity index is 661. The molecule has 108 valence electrons. The van der Waals surface area contributed by atoms with Gasteiger partial charge in [-0.15, -0.1) is 0 Å². The number of aliphatic imine (C=N–C) groups is 1. The maximum atomic E-state index is 5.98. The molecule has 3 rings (SSSR count). The van der Waals surface area contributed by atoms with Crippen molar-refractivity contribution >= 4 is 56.8 Å². The smallest absolute Gasteiger partial charge is 0.161 e. The van der Waals surface area contributed by atoms with Crippen LogP contribution in [0.2, 0.25) is 5.02 Å². The minimum Gasteiger partial charge on any atom is -0.334 e. The number of thioether (sulfide) groups is 1. The van der Waals surface area contributed by atoms with Crippen molar-refractivity contribution < 1.29 is 0 Å². The molecule has 0 aliphatic carbocycles. The standard InChI is InChI=1S/C16H14ClIN2S/c17-12-6-7-15(14(18)9-12)20-16-19-13(10-21-16)8-11-4-2-1-3-5-11/h1-7,9,13H,8,10H2,(H,19,20). The van der Waals surface area contributed by atoms with Gasteiger partial charge in [0.1, 0.15) is 0 Å². The van der Waals surface area contributed by atoms with E-state index >= 15 is 0 Å². The molecule has 2 nitrogen and oxygen atoms in total. The van der Waals surface area contributed by atoms with Crippen LogP contribution in [0.4, 0.5) is 5.69 Å². The van der Waals surface area contributed by atoms with E-state index in [-0.39, 0.29) is 0 Å². The minimum absolute atomic E-state index is 0.352. The van der Waals surface area contributed by atoms with Crippen molar-refractivity contribution in [3.8, 4) is 0 Å². The number of anilines is 1. The maximum Gasteiger partial charge on any atom is 0.161 e. The van der Waals surface area contributed by atoms with Crippen molar-refractivity contribution in [1.82, 2.24) is 0 Å². The molecule has 0 aromatic heterocycles. The van der Waals surface area contributed by atoms with Gasteiger partial charge < -0.3 is 5.32 Å². The summed E-state index contributed by atoms with van der Waals surface area (Å²) in [7, 11) is 0. The normalized spacial score (nSPS) is 17.6. The van der Waals surface area contributed by atoms with Gasteiger partial charge in [-0.2, -0.15) is 0 Å². The van der Waals surface area contributed by atoms with E-state index in [1.165, 1.54) is 5.56 Å². The van der Waals surface area contributed by atoms with Gasteiger partial charge in [0, 0.05) is 14.3 Å². The van der Waals surface area contributed by atoms with Crippen LogP contribution in [-0.2, 0) is 6.42 Å². The highest BCUT2D eigenvalue weighted by atomic mass is 127. The molecule has 1 aliphatic heterocycles. The first-order valence-corrected chi connectivity index (χ1v) is 9.11. The van der Waals surface area contributed by atoms with E-state index in [0.29, 0.717) is 6.04 Å². The van der Waals surface area contributed by atoms with Crippen LogP contribution in [0, 0.1) is 3.57 Å². The summed E-state index contributed by atoms with van der Waals surface area (Å²) in [5.41, 5.74) is 2.40. The lowest BCUT2D eigenvalue weighted by atomic mass is 10.1. The Balaban J connectivity index is 1.66. The summed E-state index contributed by atoms with van der Waals surface area (Å²) in [5.74, 6) is 1.03. The van der Waals surface area contributed by atoms with E-state index in [1.807, 2.05) is 24.3 Å². The Hall–Kier alpha value is -0.720. The Morgan fingerprint density at radius 1 is 1.24 bits per heavy atom. The largest absolute Gasteiger partial charge is 0.334 e. The van der Waals surface area contributed by atoms with E-state index in [9.17, 15) is 0 Å². The fourth-order valence-corrected chi connectivity index (χ4v) is 4.14. The van der Waals surface area contributed by atoms with Crippen LogP contribution in [0.25, 0.3) is 0 Å². The molecule has 0 fully saturated rings. The van der Waals surface area contributed by atoms with Crippen molar-refractivity contribution in [2.24, 2.45) is 4.99 Å². The summed E-state index contributed by atoms with van der Waals surface area (Å²) < 4.78 is 1.11. The summed E-state index contributed by atoms with van der Waals surface area (Å²) in [6.07, 6.45) is 0.997. The molecule has 0 bridgehead atoms. The molecule has 1 unspecified atom stereocenters. The number of nitrogens with zero attached hydrogens (tertiary/aromatic N) is 1. The number of benzene rings is 2. The van der Waals surface area contributed by atoms with Crippen molar-refractivity contribution in [2.45, 2.75) is 12.5 Å². The Morgan fingerprint density at radius 2 is 2.05 bits per heavy atom. The SMILES string of the molecule is Clc1ccc(NC2=NC(Cc3ccccc3)CS2)c(I)c1. The van der Waals surface area contributed by atoms with Gasteiger partial charge in [0.05, 0.1) is 11.7 Å². The Morgan fingerprint density at radius 3 is 2.81 bits per heavy atom. The van der Waals surface area contributed by atoms with Crippen LogP contribution < -0.4 is 5.32 Å². The van der Waals surface area contributed by atoms with Crippen LogP contribution in [0.15, 0.2) is 53.5 Å². The van der Waals surface area contributed by atoms with Gasteiger partial charge in [-0.25, -0.2) is 0 Å². The highest BCUT2D eigenvalue weighted by Gasteiger charge is 2.19. The predicted octanol–water partition coefficient (Wildman–Crippen LogP) is 5.07. The number of amidine groups is 1. The van der Waals surface area contributed by atoms with Crippen LogP contribution in [0.1, 0.15) is 5.56 Å². The first kappa shape index (κ1) is 15.2. The van der Waals surface area contributed by atoms with Gasteiger partial charge in [0.2, 0.25) is 0 Å². The summed E-state index contributed by atoms with van der Waals surface area (Å²) in [5, 5.41) is 5.15. The van der Waals surface area contributed by atoms with E-state index in [1.54, 1.807) is 11.8 Å². The fraction of sp³-hybridized carbons (Fsp3) is 0.188. The molecular formula is C16H14ClIN2S. The second-order valence-corrected chi connectivity index (χ2v) is 7.45. The van der Waals surface area contributed by atoms with Crippen LogP contribution >= 0.6 is 46.0 Å². The number of rotatable bonds is 3. The van der Waals surface area contributed by atoms with E-state index < -0.39 is 0 Å². The fourth-order valence-electron chi connectivity index (χ4n) is 2.18. The van der Waals surface area contributed by atoms with Gasteiger partial charge in [-0.05, 0) is 52.8 Å². The van der Waals surface area contributed by atoms with Crippen molar-refractivity contribution in [1.29, 1.82) is 0 Å². The number of hydrogen-bond acceptors (Lipinski definition) is 3. The molecule has 1 aliphatic rings. The molecule has 2 aromatic rings. The van der Waals surface area contributed by atoms with Gasteiger partial charge in [-0.1, -0.05) is 53.7 Å². The van der Waals surface area contributed by atoms with E-state index in [4.69, 9.17) is 16.6 Å². The van der Waals surface area contributed by atoms with Crippen LogP contribution in [0.3, 0.4) is 0 Å². The molecule has 0 spiro atoms. The second kappa shape index (κ2) is 7.03. The zero-order valence-electron chi connectivity index (χ0n) is 11.2. The third-order valence-corrected chi connectivity index (χ3v) is 5.36. The van der Waals surface area contributed by atoms with Gasteiger partial charge in [0.15, 0.2) is 5.17 Å². The molecule has 21 heavy (non-hydrogen) atoms. The molecule has 0 saturated carbocycles. The Labute approximate surface area is 147 Å². The minimum atomic E-state index is 0.352. The van der Waals surface area contributed by atoms with Crippen LogP contribution in [-0.4, -0.2) is 17.0 Å². The first-order chi connectivity index (χ1) is 10.2. The Kier molecular flexibility index (Phi) is 5.08. The first-order valence-electron chi connectivity index (χ1n) is 6.67. The molecule has 0 saturated heterocycles. The van der Waals surface area contributed by atoms with E-state index in [2.05, 4.69) is 52.2 Å². The second-order valence-electron chi connectivity index (χ2n) is 4.84. The summed E-state index contributed by atoms with van der Waals surface area (Å²) in [4.78, 5) is 4.77. The third kappa shape index (κ3) is 4.14. The number of hydrogen-bond donors (Lipinski definition) is 1. The average molecular weight is 429 g/mol. The molecule has 0 radical (unpaired) electrons. The molecule has 1 N–H and O–H groups in total. The topological polar surface area (TPSA) is 24.4 Å². The number of nitrogens with one attached hydrogen (secondary N) is 1. The van der Waals surface area contributed by atoms with Crippen molar-refractivity contribution in [3.63, 3.8) is 0 Å². The molecule has 1 heterocycles. The molecule has 2 aromatic carbocycles. The average Bonchev–Trinajstić information content (AvgIpc) is 2.90. The lowest BCUT2D eigenvalue weighted by Gasteiger charge is -2.07. The van der Waals surface area contributed by atoms with E-state index in [0.717, 1.165) is 31.6 Å². The van der Waals surface area contributed by atoms with Gasteiger partial charge in [-0.3, -0.25) is 4.99 Å². The quantitative estimate of drug-likeness (QED) is 0.690. The van der Waals surface area contributed by atoms with Crippen LogP contribution in [0.5, 0.6) is 0 Å². The highest BCUT2D eigenvalue weighted by Crippen LogP contribution is 2.26. The summed E-state index contributed by atoms with van der Waals surface area (Å²) in [6, 6.07) is 16.7. The van der Waals surface area contributed by atoms with Gasteiger partial charge >= 0.3 is 0 Å². The maximum absolute atomic E-state index is 5.98. The number of halogens is 2. The van der Waals surface area contributed by atoms with Crippen molar-refractivity contribution in [3.05, 3.63) is 62.7 Å². The summed E-state index contributed by atoms with van der Waals surface area (Å²) >= 11 is 10.0. The highest BCUT2D eigenvalue weighted by molar-refractivity contribution is 14.1. The zero-order valence-corrected chi connectivity index (χ0v) is 15.0. The lowest BCUT2D eigenvalue weighted by Crippen LogP contribution is -2.08. The predicted molar refractivity (Wildman–Crippen MR) is 102 cm³/mol. The molecule has 0 amide bonds. The lowest BCUT2D eigenvalue weighted by molar-refractivity contribution is 0.762. The third-order valence-electron chi connectivity index (χ3n) is 3.20. The summed E-state index contributed by atoms with van der Waals surface area (Å²) in [6.45, 7) is 0. The monoisotopic (exact) mass is 428 g/mol. The molecule has 5 heteroatoms. The van der Waals surface area contributed by atoms with Crippen molar-refractivity contribution in [2.75, 3.05) is 11.1 Å². The zero-order chi connectivity index (χ0) is 14.7.